The van der Waals surface area contributed by atoms with Gasteiger partial charge in [0.25, 0.3) is 0 Å². The molecule has 0 aromatic heterocycles. The standard InChI is InChI=1S/C32H28O5/c1-22(26-10-7-11-27(20-26)31(33)25-8-5-4-6-9-25)32(34)37-28-16-14-23(15-17-28)12-13-24-18-29(35-2)21-30(19-24)36-3/h4-22H,1-3H3/b13-12+. The number of ketones is 1. The first kappa shape index (κ1) is 25.5. The molecule has 0 saturated carbocycles. The molecule has 4 rings (SSSR count). The first-order valence-corrected chi connectivity index (χ1v) is 11.9. The van der Waals surface area contributed by atoms with Crippen molar-refractivity contribution in [3.8, 4) is 17.2 Å². The fourth-order valence-electron chi connectivity index (χ4n) is 3.81. The fourth-order valence-corrected chi connectivity index (χ4v) is 3.81. The number of methoxy groups -OCH3 is 2. The predicted octanol–water partition coefficient (Wildman–Crippen LogP) is 6.81. The summed E-state index contributed by atoms with van der Waals surface area (Å²) in [4.78, 5) is 25.6. The molecule has 0 bridgehead atoms. The first-order chi connectivity index (χ1) is 18.0. The molecule has 0 radical (unpaired) electrons. The van der Waals surface area contributed by atoms with Gasteiger partial charge in [-0.05, 0) is 53.9 Å². The molecule has 1 atom stereocenters. The average Bonchev–Trinajstić information content (AvgIpc) is 2.96. The smallest absolute Gasteiger partial charge is 0.318 e. The van der Waals surface area contributed by atoms with Crippen molar-refractivity contribution in [3.05, 3.63) is 125 Å². The van der Waals surface area contributed by atoms with E-state index in [9.17, 15) is 9.59 Å². The quantitative estimate of drug-likeness (QED) is 0.111. The Morgan fingerprint density at radius 1 is 0.649 bits per heavy atom. The van der Waals surface area contributed by atoms with E-state index in [1.165, 1.54) is 0 Å². The SMILES string of the molecule is COc1cc(/C=C/c2ccc(OC(=O)C(C)c3cccc(C(=O)c4ccccc4)c3)cc2)cc(OC)c1. The highest BCUT2D eigenvalue weighted by Gasteiger charge is 2.19. The third-order valence-corrected chi connectivity index (χ3v) is 5.98. The molecule has 0 amide bonds. The normalized spacial score (nSPS) is 11.6. The van der Waals surface area contributed by atoms with Gasteiger partial charge in [0.15, 0.2) is 5.78 Å². The maximum Gasteiger partial charge on any atom is 0.318 e. The zero-order valence-corrected chi connectivity index (χ0v) is 21.0. The Hall–Kier alpha value is -4.64. The number of hydrogen-bond acceptors (Lipinski definition) is 5. The Labute approximate surface area is 216 Å². The molecule has 4 aromatic rings. The second kappa shape index (κ2) is 11.9. The number of hydrogen-bond donors (Lipinski definition) is 0. The summed E-state index contributed by atoms with van der Waals surface area (Å²) in [6.45, 7) is 1.77. The van der Waals surface area contributed by atoms with Crippen LogP contribution in [0.1, 0.15) is 45.5 Å². The molecular formula is C32H28O5. The van der Waals surface area contributed by atoms with Crippen molar-refractivity contribution in [2.24, 2.45) is 0 Å². The van der Waals surface area contributed by atoms with Gasteiger partial charge in [0.1, 0.15) is 17.2 Å². The molecule has 1 unspecified atom stereocenters. The molecule has 186 valence electrons. The van der Waals surface area contributed by atoms with E-state index >= 15 is 0 Å². The van der Waals surface area contributed by atoms with E-state index < -0.39 is 11.9 Å². The molecule has 5 nitrogen and oxygen atoms in total. The minimum absolute atomic E-state index is 0.0842. The van der Waals surface area contributed by atoms with Crippen LogP contribution in [0.2, 0.25) is 0 Å². The molecule has 0 N–H and O–H groups in total. The van der Waals surface area contributed by atoms with Crippen molar-refractivity contribution in [1.82, 2.24) is 0 Å². The van der Waals surface area contributed by atoms with Crippen LogP contribution in [0, 0.1) is 0 Å². The Morgan fingerprint density at radius 3 is 1.92 bits per heavy atom. The van der Waals surface area contributed by atoms with E-state index in [-0.39, 0.29) is 5.78 Å². The van der Waals surface area contributed by atoms with Crippen molar-refractivity contribution in [3.63, 3.8) is 0 Å². The van der Waals surface area contributed by atoms with Gasteiger partial charge < -0.3 is 14.2 Å². The third-order valence-electron chi connectivity index (χ3n) is 5.98. The van der Waals surface area contributed by atoms with Crippen molar-refractivity contribution in [2.75, 3.05) is 14.2 Å². The molecule has 0 aliphatic heterocycles. The summed E-state index contributed by atoms with van der Waals surface area (Å²) in [5.74, 6) is 0.866. The maximum absolute atomic E-state index is 12.8. The van der Waals surface area contributed by atoms with Crippen molar-refractivity contribution in [2.45, 2.75) is 12.8 Å². The fraction of sp³-hybridized carbons (Fsp3) is 0.125. The topological polar surface area (TPSA) is 61.8 Å². The average molecular weight is 493 g/mol. The van der Waals surface area contributed by atoms with E-state index in [1.807, 2.05) is 66.7 Å². The lowest BCUT2D eigenvalue weighted by Gasteiger charge is -2.13. The maximum atomic E-state index is 12.8. The summed E-state index contributed by atoms with van der Waals surface area (Å²) in [7, 11) is 3.23. The Morgan fingerprint density at radius 2 is 1.27 bits per heavy atom. The Bertz CT molecular complexity index is 1380. The van der Waals surface area contributed by atoms with Crippen LogP contribution in [0.3, 0.4) is 0 Å². The molecule has 0 aliphatic carbocycles. The van der Waals surface area contributed by atoms with Crippen molar-refractivity contribution < 1.29 is 23.8 Å². The van der Waals surface area contributed by atoms with Crippen LogP contribution in [0.25, 0.3) is 12.2 Å². The molecule has 4 aromatic carbocycles. The van der Waals surface area contributed by atoms with Gasteiger partial charge in [-0.2, -0.15) is 0 Å². The number of rotatable bonds is 9. The van der Waals surface area contributed by atoms with E-state index in [1.54, 1.807) is 63.6 Å². The van der Waals surface area contributed by atoms with Crippen LogP contribution in [-0.4, -0.2) is 26.0 Å². The molecule has 0 fully saturated rings. The van der Waals surface area contributed by atoms with E-state index in [0.29, 0.717) is 28.4 Å². The third kappa shape index (κ3) is 6.53. The highest BCUT2D eigenvalue weighted by Crippen LogP contribution is 2.25. The summed E-state index contributed by atoms with van der Waals surface area (Å²) >= 11 is 0. The lowest BCUT2D eigenvalue weighted by molar-refractivity contribution is -0.135. The van der Waals surface area contributed by atoms with Crippen molar-refractivity contribution >= 4 is 23.9 Å². The zero-order chi connectivity index (χ0) is 26.2. The minimum Gasteiger partial charge on any atom is -0.497 e. The van der Waals surface area contributed by atoms with Crippen LogP contribution in [0.4, 0.5) is 0 Å². The molecule has 5 heteroatoms. The van der Waals surface area contributed by atoms with Gasteiger partial charge in [-0.15, -0.1) is 0 Å². The molecule has 0 spiro atoms. The highest BCUT2D eigenvalue weighted by atomic mass is 16.5. The molecule has 0 saturated heterocycles. The van der Waals surface area contributed by atoms with E-state index in [0.717, 1.165) is 16.7 Å². The van der Waals surface area contributed by atoms with Gasteiger partial charge >= 0.3 is 5.97 Å². The lowest BCUT2D eigenvalue weighted by Crippen LogP contribution is -2.16. The van der Waals surface area contributed by atoms with Crippen LogP contribution >= 0.6 is 0 Å². The second-order valence-electron chi connectivity index (χ2n) is 8.51. The van der Waals surface area contributed by atoms with E-state index in [4.69, 9.17) is 14.2 Å². The highest BCUT2D eigenvalue weighted by molar-refractivity contribution is 6.09. The zero-order valence-electron chi connectivity index (χ0n) is 21.0. The summed E-state index contributed by atoms with van der Waals surface area (Å²) in [5, 5.41) is 0. The van der Waals surface area contributed by atoms with Crippen LogP contribution in [0.5, 0.6) is 17.2 Å². The van der Waals surface area contributed by atoms with E-state index in [2.05, 4.69) is 0 Å². The number of benzene rings is 4. The van der Waals surface area contributed by atoms with Gasteiger partial charge in [0.2, 0.25) is 0 Å². The number of carbonyl (C=O) groups excluding carboxylic acids is 2. The van der Waals surface area contributed by atoms with Gasteiger partial charge in [-0.1, -0.05) is 72.8 Å². The first-order valence-electron chi connectivity index (χ1n) is 11.9. The Balaban J connectivity index is 1.41. The van der Waals surface area contributed by atoms with Crippen LogP contribution in [0.15, 0.2) is 97.1 Å². The summed E-state index contributed by atoms with van der Waals surface area (Å²) in [5.41, 5.74) is 3.75. The summed E-state index contributed by atoms with van der Waals surface area (Å²) < 4.78 is 16.2. The predicted molar refractivity (Wildman–Crippen MR) is 145 cm³/mol. The molecule has 37 heavy (non-hydrogen) atoms. The molecule has 0 aliphatic rings. The summed E-state index contributed by atoms with van der Waals surface area (Å²) in [6.07, 6.45) is 3.91. The lowest BCUT2D eigenvalue weighted by atomic mass is 9.96. The second-order valence-corrected chi connectivity index (χ2v) is 8.51. The van der Waals surface area contributed by atoms with Gasteiger partial charge in [-0.25, -0.2) is 0 Å². The van der Waals surface area contributed by atoms with Gasteiger partial charge in [0, 0.05) is 17.2 Å². The minimum atomic E-state index is -0.536. The van der Waals surface area contributed by atoms with Gasteiger partial charge in [-0.3, -0.25) is 9.59 Å². The monoisotopic (exact) mass is 492 g/mol. The Kier molecular flexibility index (Phi) is 8.16. The molecule has 0 heterocycles. The summed E-state index contributed by atoms with van der Waals surface area (Å²) in [6, 6.07) is 29.1. The van der Waals surface area contributed by atoms with Crippen LogP contribution < -0.4 is 14.2 Å². The van der Waals surface area contributed by atoms with Crippen molar-refractivity contribution in [1.29, 1.82) is 0 Å². The largest absolute Gasteiger partial charge is 0.497 e. The van der Waals surface area contributed by atoms with Crippen LogP contribution in [-0.2, 0) is 4.79 Å². The number of esters is 1. The molecular weight excluding hydrogens is 464 g/mol. The van der Waals surface area contributed by atoms with Gasteiger partial charge in [0.05, 0.1) is 20.1 Å². The number of carbonyl (C=O) groups is 2. The number of ether oxygens (including phenoxy) is 3.